The largest absolute Gasteiger partial charge is 0.465 e. The normalized spacial score (nSPS) is 18.7. The zero-order valence-electron chi connectivity index (χ0n) is 13.1. The third kappa shape index (κ3) is 3.44. The van der Waals surface area contributed by atoms with Crippen LogP contribution in [0.15, 0.2) is 28.9 Å². The van der Waals surface area contributed by atoms with Crippen molar-refractivity contribution in [3.8, 4) is 0 Å². The van der Waals surface area contributed by atoms with Gasteiger partial charge in [-0.3, -0.25) is 9.89 Å². The van der Waals surface area contributed by atoms with Gasteiger partial charge in [-0.2, -0.15) is 5.10 Å². The van der Waals surface area contributed by atoms with Crippen LogP contribution in [0.1, 0.15) is 37.3 Å². The Kier molecular flexibility index (Phi) is 4.76. The van der Waals surface area contributed by atoms with Gasteiger partial charge in [-0.05, 0) is 50.2 Å². The number of furan rings is 1. The first kappa shape index (κ1) is 15.7. The summed E-state index contributed by atoms with van der Waals surface area (Å²) in [4.78, 5) is 14.2. The van der Waals surface area contributed by atoms with Crippen LogP contribution in [0.2, 0.25) is 0 Å². The van der Waals surface area contributed by atoms with Crippen molar-refractivity contribution in [2.45, 2.75) is 32.2 Å². The molecular formula is C16H20N4O2S. The summed E-state index contributed by atoms with van der Waals surface area (Å²) >= 11 is 5.25. The number of rotatable bonds is 4. The van der Waals surface area contributed by atoms with E-state index in [-0.39, 0.29) is 11.8 Å². The number of piperidine rings is 1. The lowest BCUT2D eigenvalue weighted by Crippen LogP contribution is -2.38. The van der Waals surface area contributed by atoms with Crippen LogP contribution in [0.3, 0.4) is 0 Å². The molecule has 1 saturated heterocycles. The Morgan fingerprint density at radius 3 is 3.22 bits per heavy atom. The van der Waals surface area contributed by atoms with Crippen molar-refractivity contribution in [2.75, 3.05) is 13.1 Å². The van der Waals surface area contributed by atoms with Gasteiger partial charge >= 0.3 is 0 Å². The van der Waals surface area contributed by atoms with Gasteiger partial charge in [-0.15, -0.1) is 0 Å². The Morgan fingerprint density at radius 1 is 1.61 bits per heavy atom. The highest BCUT2D eigenvalue weighted by Crippen LogP contribution is 2.26. The third-order valence-electron chi connectivity index (χ3n) is 4.14. The zero-order chi connectivity index (χ0) is 16.2. The predicted molar refractivity (Wildman–Crippen MR) is 89.4 cm³/mol. The summed E-state index contributed by atoms with van der Waals surface area (Å²) in [5.74, 6) is 1.85. The van der Waals surface area contributed by atoms with Gasteiger partial charge in [0.2, 0.25) is 5.91 Å². The van der Waals surface area contributed by atoms with E-state index in [4.69, 9.17) is 16.6 Å². The van der Waals surface area contributed by atoms with Crippen molar-refractivity contribution in [2.24, 2.45) is 0 Å². The van der Waals surface area contributed by atoms with Crippen molar-refractivity contribution >= 4 is 24.2 Å². The minimum atomic E-state index is 0.00304. The molecule has 1 N–H and O–H groups in total. The molecule has 0 aromatic carbocycles. The lowest BCUT2D eigenvalue weighted by molar-refractivity contribution is -0.127. The maximum Gasteiger partial charge on any atom is 0.246 e. The van der Waals surface area contributed by atoms with Crippen LogP contribution < -0.4 is 0 Å². The molecule has 0 spiro atoms. The van der Waals surface area contributed by atoms with Crippen LogP contribution in [-0.4, -0.2) is 38.7 Å². The predicted octanol–water partition coefficient (Wildman–Crippen LogP) is 2.97. The molecule has 1 atom stereocenters. The van der Waals surface area contributed by atoms with Crippen molar-refractivity contribution < 1.29 is 9.21 Å². The summed E-state index contributed by atoms with van der Waals surface area (Å²) in [6.07, 6.45) is 6.85. The molecule has 23 heavy (non-hydrogen) atoms. The summed E-state index contributed by atoms with van der Waals surface area (Å²) < 4.78 is 7.86. The quantitative estimate of drug-likeness (QED) is 0.690. The second-order valence-electron chi connectivity index (χ2n) is 5.60. The van der Waals surface area contributed by atoms with Crippen LogP contribution in [0, 0.1) is 4.77 Å². The number of H-pyrrole nitrogens is 1. The molecule has 1 aliphatic heterocycles. The molecule has 0 unspecified atom stereocenters. The van der Waals surface area contributed by atoms with Gasteiger partial charge in [0.1, 0.15) is 11.6 Å². The average molecular weight is 332 g/mol. The van der Waals surface area contributed by atoms with Crippen LogP contribution in [0.4, 0.5) is 0 Å². The topological polar surface area (TPSA) is 67.1 Å². The fourth-order valence-electron chi connectivity index (χ4n) is 2.98. The van der Waals surface area contributed by atoms with Crippen LogP contribution in [-0.2, 0) is 11.3 Å². The molecule has 1 aliphatic rings. The SMILES string of the molecule is CCn1c([C@@H]2CCCN(C(=O)/C=C/c3ccco3)C2)n[nH]c1=S. The van der Waals surface area contributed by atoms with E-state index in [1.807, 2.05) is 22.5 Å². The van der Waals surface area contributed by atoms with Crippen LogP contribution >= 0.6 is 12.2 Å². The number of aromatic amines is 1. The first-order chi connectivity index (χ1) is 11.2. The van der Waals surface area contributed by atoms with E-state index in [2.05, 4.69) is 10.2 Å². The van der Waals surface area contributed by atoms with Gasteiger partial charge in [0.25, 0.3) is 0 Å². The molecule has 0 saturated carbocycles. The van der Waals surface area contributed by atoms with Gasteiger partial charge in [0, 0.05) is 31.6 Å². The van der Waals surface area contributed by atoms with E-state index in [1.54, 1.807) is 24.5 Å². The number of hydrogen-bond acceptors (Lipinski definition) is 4. The fraction of sp³-hybridized carbons (Fsp3) is 0.438. The highest BCUT2D eigenvalue weighted by Gasteiger charge is 2.27. The number of nitrogens with zero attached hydrogens (tertiary/aromatic N) is 3. The first-order valence-electron chi connectivity index (χ1n) is 7.84. The lowest BCUT2D eigenvalue weighted by atomic mass is 9.97. The second kappa shape index (κ2) is 6.95. The van der Waals surface area contributed by atoms with Crippen molar-refractivity contribution in [3.63, 3.8) is 0 Å². The second-order valence-corrected chi connectivity index (χ2v) is 5.99. The summed E-state index contributed by atoms with van der Waals surface area (Å²) in [6.45, 7) is 4.27. The van der Waals surface area contributed by atoms with Crippen molar-refractivity contribution in [1.82, 2.24) is 19.7 Å². The van der Waals surface area contributed by atoms with E-state index in [0.717, 1.165) is 31.8 Å². The van der Waals surface area contributed by atoms with Crippen LogP contribution in [0.5, 0.6) is 0 Å². The minimum absolute atomic E-state index is 0.00304. The molecule has 2 aromatic heterocycles. The molecule has 3 rings (SSSR count). The summed E-state index contributed by atoms with van der Waals surface area (Å²) in [5.41, 5.74) is 0. The van der Waals surface area contributed by atoms with E-state index in [1.165, 1.54) is 0 Å². The van der Waals surface area contributed by atoms with Crippen LogP contribution in [0.25, 0.3) is 6.08 Å². The Morgan fingerprint density at radius 2 is 2.48 bits per heavy atom. The van der Waals surface area contributed by atoms with E-state index in [9.17, 15) is 4.79 Å². The van der Waals surface area contributed by atoms with Gasteiger partial charge in [0.05, 0.1) is 6.26 Å². The van der Waals surface area contributed by atoms with Gasteiger partial charge in [-0.25, -0.2) is 0 Å². The molecular weight excluding hydrogens is 312 g/mol. The number of carbonyl (C=O) groups is 1. The fourth-order valence-corrected chi connectivity index (χ4v) is 3.25. The number of likely N-dealkylation sites (tertiary alicyclic amines) is 1. The number of aromatic nitrogens is 3. The van der Waals surface area contributed by atoms with E-state index >= 15 is 0 Å². The zero-order valence-corrected chi connectivity index (χ0v) is 13.9. The number of nitrogens with one attached hydrogen (secondary N) is 1. The van der Waals surface area contributed by atoms with Crippen molar-refractivity contribution in [3.05, 3.63) is 40.8 Å². The molecule has 0 aliphatic carbocycles. The lowest BCUT2D eigenvalue weighted by Gasteiger charge is -2.31. The molecule has 7 heteroatoms. The highest BCUT2D eigenvalue weighted by atomic mass is 32.1. The van der Waals surface area contributed by atoms with Gasteiger partial charge in [0.15, 0.2) is 4.77 Å². The molecule has 122 valence electrons. The summed E-state index contributed by atoms with van der Waals surface area (Å²) in [5, 5.41) is 7.22. The number of carbonyl (C=O) groups excluding carboxylic acids is 1. The first-order valence-corrected chi connectivity index (χ1v) is 8.25. The average Bonchev–Trinajstić information content (AvgIpc) is 3.22. The monoisotopic (exact) mass is 332 g/mol. The molecule has 0 bridgehead atoms. The summed E-state index contributed by atoms with van der Waals surface area (Å²) in [6, 6.07) is 3.62. The van der Waals surface area contributed by atoms with Gasteiger partial charge in [-0.1, -0.05) is 0 Å². The van der Waals surface area contributed by atoms with E-state index < -0.39 is 0 Å². The molecule has 0 radical (unpaired) electrons. The highest BCUT2D eigenvalue weighted by molar-refractivity contribution is 7.71. The molecule has 6 nitrogen and oxygen atoms in total. The maximum absolute atomic E-state index is 12.4. The smallest absolute Gasteiger partial charge is 0.246 e. The molecule has 1 amide bonds. The number of amides is 1. The Labute approximate surface area is 139 Å². The molecule has 1 fully saturated rings. The van der Waals surface area contributed by atoms with Crippen molar-refractivity contribution in [1.29, 1.82) is 0 Å². The van der Waals surface area contributed by atoms with Gasteiger partial charge < -0.3 is 13.9 Å². The number of hydrogen-bond donors (Lipinski definition) is 1. The standard InChI is InChI=1S/C16H20N4O2S/c1-2-20-15(17-18-16(20)23)12-5-3-9-19(11-12)14(21)8-7-13-6-4-10-22-13/h4,6-8,10,12H,2-3,5,9,11H2,1H3,(H,18,23)/b8-7+/t12-/m1/s1. The Bertz CT molecular complexity index is 744. The molecule has 3 heterocycles. The summed E-state index contributed by atoms with van der Waals surface area (Å²) in [7, 11) is 0. The van der Waals surface area contributed by atoms with E-state index in [0.29, 0.717) is 17.1 Å². The third-order valence-corrected chi connectivity index (χ3v) is 4.45. The Hall–Kier alpha value is -2.15. The maximum atomic E-state index is 12.4. The minimum Gasteiger partial charge on any atom is -0.465 e. The molecule has 2 aromatic rings. The Balaban J connectivity index is 1.70.